The van der Waals surface area contributed by atoms with Crippen LogP contribution >= 0.6 is 0 Å². The van der Waals surface area contributed by atoms with Crippen molar-refractivity contribution < 1.29 is 18.8 Å². The zero-order valence-corrected chi connectivity index (χ0v) is 7.52. The van der Waals surface area contributed by atoms with Crippen LogP contribution in [0.1, 0.15) is 30.5 Å². The van der Waals surface area contributed by atoms with Gasteiger partial charge in [-0.05, 0) is 6.92 Å². The Morgan fingerprint density at radius 2 is 1.93 bits per heavy atom. The van der Waals surface area contributed by atoms with E-state index in [-0.39, 0.29) is 18.8 Å². The second-order valence-electron chi connectivity index (χ2n) is 3.13. The fourth-order valence-electron chi connectivity index (χ4n) is 1.34. The molecular formula is C8H8N2O4. The van der Waals surface area contributed by atoms with E-state index in [1.165, 1.54) is 0 Å². The molecule has 1 saturated heterocycles. The van der Waals surface area contributed by atoms with Crippen molar-refractivity contribution in [2.24, 2.45) is 0 Å². The summed E-state index contributed by atoms with van der Waals surface area (Å²) >= 11 is 0. The third-order valence-corrected chi connectivity index (χ3v) is 1.95. The van der Waals surface area contributed by atoms with Gasteiger partial charge in [0.2, 0.25) is 5.89 Å². The predicted molar refractivity (Wildman–Crippen MR) is 42.1 cm³/mol. The molecule has 0 bridgehead atoms. The molecule has 1 aliphatic heterocycles. The van der Waals surface area contributed by atoms with Crippen molar-refractivity contribution in [1.82, 2.24) is 10.1 Å². The largest absolute Gasteiger partial charge is 0.393 e. The first-order chi connectivity index (χ1) is 6.65. The SMILES string of the molecule is Cc1noc(C2CC(=O)OC(=O)C2)n1. The number of rotatable bonds is 1. The lowest BCUT2D eigenvalue weighted by Crippen LogP contribution is -2.24. The first-order valence-electron chi connectivity index (χ1n) is 4.19. The molecule has 0 aliphatic carbocycles. The lowest BCUT2D eigenvalue weighted by molar-refractivity contribution is -0.164. The van der Waals surface area contributed by atoms with Crippen LogP contribution in [0.3, 0.4) is 0 Å². The molecule has 0 radical (unpaired) electrons. The van der Waals surface area contributed by atoms with E-state index < -0.39 is 11.9 Å². The topological polar surface area (TPSA) is 82.3 Å². The summed E-state index contributed by atoms with van der Waals surface area (Å²) in [5.41, 5.74) is 0. The predicted octanol–water partition coefficient (Wildman–Crippen LogP) is 0.325. The van der Waals surface area contributed by atoms with Gasteiger partial charge in [-0.2, -0.15) is 4.98 Å². The van der Waals surface area contributed by atoms with E-state index in [0.29, 0.717) is 11.7 Å². The van der Waals surface area contributed by atoms with Crippen molar-refractivity contribution in [3.63, 3.8) is 0 Å². The van der Waals surface area contributed by atoms with E-state index in [9.17, 15) is 9.59 Å². The molecule has 0 N–H and O–H groups in total. The number of aryl methyl sites for hydroxylation is 1. The smallest absolute Gasteiger partial charge is 0.314 e. The first kappa shape index (κ1) is 8.86. The number of esters is 2. The maximum absolute atomic E-state index is 10.9. The number of aromatic nitrogens is 2. The van der Waals surface area contributed by atoms with Gasteiger partial charge in [0.25, 0.3) is 0 Å². The van der Waals surface area contributed by atoms with E-state index in [1.54, 1.807) is 6.92 Å². The molecule has 1 aromatic heterocycles. The fraction of sp³-hybridized carbons (Fsp3) is 0.500. The average Bonchev–Trinajstić information content (AvgIpc) is 2.50. The maximum Gasteiger partial charge on any atom is 0.314 e. The van der Waals surface area contributed by atoms with Crippen LogP contribution in [-0.2, 0) is 14.3 Å². The molecule has 2 heterocycles. The second-order valence-corrected chi connectivity index (χ2v) is 3.13. The molecule has 1 fully saturated rings. The van der Waals surface area contributed by atoms with Crippen molar-refractivity contribution in [3.8, 4) is 0 Å². The molecule has 0 unspecified atom stereocenters. The lowest BCUT2D eigenvalue weighted by atomic mass is 9.99. The number of hydrogen-bond donors (Lipinski definition) is 0. The molecular weight excluding hydrogens is 188 g/mol. The minimum absolute atomic E-state index is 0.118. The molecule has 0 spiro atoms. The Labute approximate surface area is 79.2 Å². The number of hydrogen-bond acceptors (Lipinski definition) is 6. The normalized spacial score (nSPS) is 18.4. The van der Waals surface area contributed by atoms with Crippen LogP contribution in [0, 0.1) is 6.92 Å². The summed E-state index contributed by atoms with van der Waals surface area (Å²) in [5, 5.41) is 3.59. The Morgan fingerprint density at radius 3 is 2.43 bits per heavy atom. The van der Waals surface area contributed by atoms with Gasteiger partial charge in [0, 0.05) is 0 Å². The van der Waals surface area contributed by atoms with Crippen LogP contribution in [-0.4, -0.2) is 22.1 Å². The van der Waals surface area contributed by atoms with Gasteiger partial charge in [0.1, 0.15) is 0 Å². The highest BCUT2D eigenvalue weighted by Crippen LogP contribution is 2.26. The van der Waals surface area contributed by atoms with Crippen LogP contribution in [0.15, 0.2) is 4.52 Å². The Balaban J connectivity index is 2.18. The second kappa shape index (κ2) is 3.21. The van der Waals surface area contributed by atoms with Crippen LogP contribution in [0.2, 0.25) is 0 Å². The van der Waals surface area contributed by atoms with Gasteiger partial charge >= 0.3 is 11.9 Å². The summed E-state index contributed by atoms with van der Waals surface area (Å²) in [5.74, 6) is -0.590. The van der Waals surface area contributed by atoms with E-state index in [2.05, 4.69) is 14.9 Å². The molecule has 6 heteroatoms. The fourth-order valence-corrected chi connectivity index (χ4v) is 1.34. The van der Waals surface area contributed by atoms with Crippen LogP contribution in [0.4, 0.5) is 0 Å². The summed E-state index contributed by atoms with van der Waals surface area (Å²) in [4.78, 5) is 25.8. The van der Waals surface area contributed by atoms with E-state index >= 15 is 0 Å². The van der Waals surface area contributed by atoms with E-state index in [0.717, 1.165) is 0 Å². The minimum atomic E-state index is -0.540. The number of carbonyl (C=O) groups excluding carboxylic acids is 2. The van der Waals surface area contributed by atoms with Crippen molar-refractivity contribution >= 4 is 11.9 Å². The number of ether oxygens (including phenoxy) is 1. The van der Waals surface area contributed by atoms with E-state index in [1.807, 2.05) is 0 Å². The highest BCUT2D eigenvalue weighted by molar-refractivity contribution is 5.89. The molecule has 0 amide bonds. The molecule has 0 saturated carbocycles. The van der Waals surface area contributed by atoms with Crippen molar-refractivity contribution in [1.29, 1.82) is 0 Å². The summed E-state index contributed by atoms with van der Waals surface area (Å²) in [6.07, 6.45) is 0.237. The molecule has 0 atom stereocenters. The van der Waals surface area contributed by atoms with Crippen LogP contribution in [0.25, 0.3) is 0 Å². The highest BCUT2D eigenvalue weighted by atomic mass is 16.6. The molecule has 2 rings (SSSR count). The van der Waals surface area contributed by atoms with Gasteiger partial charge in [-0.1, -0.05) is 5.16 Å². The molecule has 14 heavy (non-hydrogen) atoms. The zero-order valence-electron chi connectivity index (χ0n) is 7.52. The standard InChI is InChI=1S/C8H8N2O4/c1-4-9-8(14-10-4)5-2-6(11)13-7(12)3-5/h5H,2-3H2,1H3. The average molecular weight is 196 g/mol. The summed E-state index contributed by atoms with van der Waals surface area (Å²) in [6, 6.07) is 0. The zero-order chi connectivity index (χ0) is 10.1. The first-order valence-corrected chi connectivity index (χ1v) is 4.19. The lowest BCUT2D eigenvalue weighted by Gasteiger charge is -2.15. The Kier molecular flexibility index (Phi) is 2.03. The van der Waals surface area contributed by atoms with Gasteiger partial charge in [-0.3, -0.25) is 9.59 Å². The molecule has 74 valence electrons. The maximum atomic E-state index is 10.9. The Hall–Kier alpha value is -1.72. The van der Waals surface area contributed by atoms with Crippen molar-refractivity contribution in [3.05, 3.63) is 11.7 Å². The van der Waals surface area contributed by atoms with Gasteiger partial charge in [-0.15, -0.1) is 0 Å². The third-order valence-electron chi connectivity index (χ3n) is 1.95. The number of carbonyl (C=O) groups is 2. The van der Waals surface area contributed by atoms with Crippen molar-refractivity contribution in [2.45, 2.75) is 25.7 Å². The van der Waals surface area contributed by atoms with Crippen LogP contribution in [0.5, 0.6) is 0 Å². The van der Waals surface area contributed by atoms with E-state index in [4.69, 9.17) is 4.52 Å². The summed E-state index contributed by atoms with van der Waals surface area (Å²) in [7, 11) is 0. The molecule has 0 aromatic carbocycles. The molecule has 1 aliphatic rings. The number of nitrogens with zero attached hydrogens (tertiary/aromatic N) is 2. The quantitative estimate of drug-likeness (QED) is 0.475. The molecule has 6 nitrogen and oxygen atoms in total. The minimum Gasteiger partial charge on any atom is -0.393 e. The van der Waals surface area contributed by atoms with Gasteiger partial charge in [-0.25, -0.2) is 0 Å². The number of cyclic esters (lactones) is 2. The Morgan fingerprint density at radius 1 is 1.29 bits per heavy atom. The van der Waals surface area contributed by atoms with Crippen molar-refractivity contribution in [2.75, 3.05) is 0 Å². The van der Waals surface area contributed by atoms with Crippen LogP contribution < -0.4 is 0 Å². The van der Waals surface area contributed by atoms with Gasteiger partial charge in [0.05, 0.1) is 18.8 Å². The van der Waals surface area contributed by atoms with Gasteiger partial charge < -0.3 is 9.26 Å². The molecule has 1 aromatic rings. The third kappa shape index (κ3) is 1.63. The summed E-state index contributed by atoms with van der Waals surface area (Å²) < 4.78 is 9.26. The monoisotopic (exact) mass is 196 g/mol. The van der Waals surface area contributed by atoms with Gasteiger partial charge in [0.15, 0.2) is 5.82 Å². The highest BCUT2D eigenvalue weighted by Gasteiger charge is 2.31. The Bertz CT molecular complexity index is 368. The summed E-state index contributed by atoms with van der Waals surface area (Å²) in [6.45, 7) is 1.68.